The molecule has 0 bridgehead atoms. The van der Waals surface area contributed by atoms with E-state index in [0.29, 0.717) is 0 Å². The zero-order valence-corrected chi connectivity index (χ0v) is 11.9. The van der Waals surface area contributed by atoms with Gasteiger partial charge in [0.05, 0.1) is 0 Å². The fraction of sp³-hybridized carbons (Fsp3) is 1.00. The summed E-state index contributed by atoms with van der Waals surface area (Å²) in [7, 11) is 0. The Hall–Kier alpha value is -0.0400. The Morgan fingerprint density at radius 1 is 0.941 bits per heavy atom. The van der Waals surface area contributed by atoms with Crippen molar-refractivity contribution in [3.8, 4) is 0 Å². The van der Waals surface area contributed by atoms with E-state index in [1.165, 1.54) is 64.2 Å². The minimum Gasteiger partial charge on any atom is -0.311 e. The highest BCUT2D eigenvalue weighted by Gasteiger charge is 2.25. The summed E-state index contributed by atoms with van der Waals surface area (Å²) in [5.74, 6) is 1.99. The largest absolute Gasteiger partial charge is 0.311 e. The van der Waals surface area contributed by atoms with Crippen molar-refractivity contribution in [2.75, 3.05) is 0 Å². The van der Waals surface area contributed by atoms with Gasteiger partial charge in [-0.2, -0.15) is 0 Å². The number of hydrogen-bond donors (Lipinski definition) is 1. The van der Waals surface area contributed by atoms with Gasteiger partial charge >= 0.3 is 0 Å². The van der Waals surface area contributed by atoms with Crippen molar-refractivity contribution in [2.45, 2.75) is 90.1 Å². The van der Waals surface area contributed by atoms with Crippen molar-refractivity contribution >= 4 is 0 Å². The molecule has 2 aliphatic carbocycles. The van der Waals surface area contributed by atoms with E-state index in [4.69, 9.17) is 0 Å². The molecule has 1 heteroatoms. The SMILES string of the molecule is CCC1CCC(NC(C)C2CCCCC2)CC1. The van der Waals surface area contributed by atoms with Crippen LogP contribution in [0.5, 0.6) is 0 Å². The van der Waals surface area contributed by atoms with E-state index in [-0.39, 0.29) is 0 Å². The van der Waals surface area contributed by atoms with Gasteiger partial charge in [0.15, 0.2) is 0 Å². The van der Waals surface area contributed by atoms with Crippen LogP contribution in [0.15, 0.2) is 0 Å². The maximum absolute atomic E-state index is 3.93. The van der Waals surface area contributed by atoms with Crippen LogP contribution in [-0.2, 0) is 0 Å². The maximum Gasteiger partial charge on any atom is 0.00698 e. The molecule has 17 heavy (non-hydrogen) atoms. The summed E-state index contributed by atoms with van der Waals surface area (Å²) in [6, 6.07) is 1.59. The van der Waals surface area contributed by atoms with Gasteiger partial charge in [0, 0.05) is 12.1 Å². The summed E-state index contributed by atoms with van der Waals surface area (Å²) >= 11 is 0. The molecule has 1 nitrogen and oxygen atoms in total. The van der Waals surface area contributed by atoms with Crippen molar-refractivity contribution in [3.63, 3.8) is 0 Å². The van der Waals surface area contributed by atoms with E-state index < -0.39 is 0 Å². The van der Waals surface area contributed by atoms with Crippen LogP contribution in [-0.4, -0.2) is 12.1 Å². The standard InChI is InChI=1S/C16H31N/c1-3-14-9-11-16(12-10-14)17-13(2)15-7-5-4-6-8-15/h13-17H,3-12H2,1-2H3. The summed E-state index contributed by atoms with van der Waals surface area (Å²) in [6.45, 7) is 4.78. The Labute approximate surface area is 108 Å². The highest BCUT2D eigenvalue weighted by Crippen LogP contribution is 2.30. The van der Waals surface area contributed by atoms with E-state index in [2.05, 4.69) is 19.2 Å². The van der Waals surface area contributed by atoms with Gasteiger partial charge in [-0.25, -0.2) is 0 Å². The summed E-state index contributed by atoms with van der Waals surface area (Å²) in [4.78, 5) is 0. The van der Waals surface area contributed by atoms with Crippen LogP contribution in [0.1, 0.15) is 78.1 Å². The number of hydrogen-bond acceptors (Lipinski definition) is 1. The predicted octanol–water partition coefficient (Wildman–Crippen LogP) is 4.51. The molecule has 2 fully saturated rings. The van der Waals surface area contributed by atoms with Gasteiger partial charge in [-0.05, 0) is 57.3 Å². The fourth-order valence-electron chi connectivity index (χ4n) is 3.88. The molecule has 0 aromatic heterocycles. The van der Waals surface area contributed by atoms with Gasteiger partial charge in [-0.1, -0.05) is 32.6 Å². The molecule has 1 N–H and O–H groups in total. The molecule has 2 aliphatic rings. The second-order valence-corrected chi connectivity index (χ2v) is 6.48. The van der Waals surface area contributed by atoms with Crippen LogP contribution in [0.3, 0.4) is 0 Å². The van der Waals surface area contributed by atoms with E-state index in [0.717, 1.165) is 23.9 Å². The quantitative estimate of drug-likeness (QED) is 0.758. The lowest BCUT2D eigenvalue weighted by atomic mass is 9.81. The van der Waals surface area contributed by atoms with Crippen molar-refractivity contribution < 1.29 is 0 Å². The molecule has 1 atom stereocenters. The van der Waals surface area contributed by atoms with Crippen LogP contribution < -0.4 is 5.32 Å². The molecule has 100 valence electrons. The highest BCUT2D eigenvalue weighted by atomic mass is 15.0. The molecule has 0 amide bonds. The van der Waals surface area contributed by atoms with Gasteiger partial charge < -0.3 is 5.32 Å². The zero-order chi connectivity index (χ0) is 12.1. The molecule has 1 unspecified atom stereocenters. The third-order valence-electron chi connectivity index (χ3n) is 5.28. The normalized spacial score (nSPS) is 33.5. The number of nitrogens with one attached hydrogen (secondary N) is 1. The minimum atomic E-state index is 0.762. The molecule has 0 aromatic rings. The van der Waals surface area contributed by atoms with Crippen molar-refractivity contribution in [3.05, 3.63) is 0 Å². The Balaban J connectivity index is 1.69. The van der Waals surface area contributed by atoms with Gasteiger partial charge in [0.2, 0.25) is 0 Å². The van der Waals surface area contributed by atoms with Crippen LogP contribution in [0, 0.1) is 11.8 Å². The molecule has 0 radical (unpaired) electrons. The van der Waals surface area contributed by atoms with E-state index in [9.17, 15) is 0 Å². The minimum absolute atomic E-state index is 0.762. The van der Waals surface area contributed by atoms with Gasteiger partial charge in [0.1, 0.15) is 0 Å². The van der Waals surface area contributed by atoms with Crippen LogP contribution in [0.25, 0.3) is 0 Å². The molecule has 0 aliphatic heterocycles. The smallest absolute Gasteiger partial charge is 0.00698 e. The predicted molar refractivity (Wildman–Crippen MR) is 75.2 cm³/mol. The first kappa shape index (κ1) is 13.4. The lowest BCUT2D eigenvalue weighted by molar-refractivity contribution is 0.222. The summed E-state index contributed by atoms with van der Waals surface area (Å²) < 4.78 is 0. The molecule has 0 heterocycles. The van der Waals surface area contributed by atoms with Crippen molar-refractivity contribution in [1.29, 1.82) is 0 Å². The second-order valence-electron chi connectivity index (χ2n) is 6.48. The maximum atomic E-state index is 3.93. The zero-order valence-electron chi connectivity index (χ0n) is 11.9. The molecular formula is C16H31N. The van der Waals surface area contributed by atoms with Crippen LogP contribution in [0.2, 0.25) is 0 Å². The first-order valence-corrected chi connectivity index (χ1v) is 8.05. The highest BCUT2D eigenvalue weighted by molar-refractivity contribution is 4.82. The molecule has 0 saturated heterocycles. The van der Waals surface area contributed by atoms with Crippen LogP contribution in [0.4, 0.5) is 0 Å². The fourth-order valence-corrected chi connectivity index (χ4v) is 3.88. The van der Waals surface area contributed by atoms with E-state index in [1.54, 1.807) is 0 Å². The monoisotopic (exact) mass is 237 g/mol. The summed E-state index contributed by atoms with van der Waals surface area (Å²) in [6.07, 6.45) is 14.5. The van der Waals surface area contributed by atoms with Gasteiger partial charge in [0.25, 0.3) is 0 Å². The van der Waals surface area contributed by atoms with Crippen LogP contribution >= 0.6 is 0 Å². The lowest BCUT2D eigenvalue weighted by Gasteiger charge is -2.35. The molecule has 0 spiro atoms. The van der Waals surface area contributed by atoms with E-state index >= 15 is 0 Å². The third-order valence-corrected chi connectivity index (χ3v) is 5.28. The lowest BCUT2D eigenvalue weighted by Crippen LogP contribution is -2.43. The Kier molecular flexibility index (Phi) is 5.34. The topological polar surface area (TPSA) is 12.0 Å². The first-order valence-electron chi connectivity index (χ1n) is 8.05. The first-order chi connectivity index (χ1) is 8.29. The number of rotatable bonds is 4. The van der Waals surface area contributed by atoms with E-state index in [1.807, 2.05) is 0 Å². The molecule has 0 aromatic carbocycles. The Morgan fingerprint density at radius 2 is 1.59 bits per heavy atom. The Morgan fingerprint density at radius 3 is 2.18 bits per heavy atom. The molecule has 2 rings (SSSR count). The summed E-state index contributed by atoms with van der Waals surface area (Å²) in [5.41, 5.74) is 0. The average molecular weight is 237 g/mol. The molecule has 2 saturated carbocycles. The molecular weight excluding hydrogens is 206 g/mol. The van der Waals surface area contributed by atoms with Crippen molar-refractivity contribution in [1.82, 2.24) is 5.32 Å². The van der Waals surface area contributed by atoms with Gasteiger partial charge in [-0.15, -0.1) is 0 Å². The summed E-state index contributed by atoms with van der Waals surface area (Å²) in [5, 5.41) is 3.93. The second kappa shape index (κ2) is 6.78. The van der Waals surface area contributed by atoms with Gasteiger partial charge in [-0.3, -0.25) is 0 Å². The Bertz CT molecular complexity index is 200. The average Bonchev–Trinajstić information content (AvgIpc) is 2.40. The van der Waals surface area contributed by atoms with Crippen molar-refractivity contribution in [2.24, 2.45) is 11.8 Å². The third kappa shape index (κ3) is 3.98.